The van der Waals surface area contributed by atoms with E-state index in [1.54, 1.807) is 36.0 Å². The van der Waals surface area contributed by atoms with E-state index in [0.717, 1.165) is 23.2 Å². The number of para-hydroxylation sites is 1. The highest BCUT2D eigenvalue weighted by atomic mass is 35.5. The summed E-state index contributed by atoms with van der Waals surface area (Å²) in [6.07, 6.45) is 2.90. The Kier molecular flexibility index (Phi) is 5.05. The summed E-state index contributed by atoms with van der Waals surface area (Å²) >= 11 is 7.75. The van der Waals surface area contributed by atoms with Gasteiger partial charge in [-0.25, -0.2) is 0 Å². The van der Waals surface area contributed by atoms with Gasteiger partial charge in [0.05, 0.1) is 6.04 Å². The lowest BCUT2D eigenvalue weighted by Crippen LogP contribution is -2.40. The predicted molar refractivity (Wildman–Crippen MR) is 125 cm³/mol. The van der Waals surface area contributed by atoms with Crippen molar-refractivity contribution in [3.8, 4) is 0 Å². The molecule has 1 amide bonds. The topological polar surface area (TPSA) is 36.1 Å². The average Bonchev–Trinajstić information content (AvgIpc) is 3.17. The lowest BCUT2D eigenvalue weighted by atomic mass is 9.91. The number of halogens is 1. The van der Waals surface area contributed by atoms with E-state index >= 15 is 0 Å². The number of hydrogen-bond donors (Lipinski definition) is 1. The fourth-order valence-corrected chi connectivity index (χ4v) is 4.88. The van der Waals surface area contributed by atoms with E-state index in [-0.39, 0.29) is 11.9 Å². The van der Waals surface area contributed by atoms with Gasteiger partial charge < -0.3 is 9.88 Å². The summed E-state index contributed by atoms with van der Waals surface area (Å²) in [5.41, 5.74) is 5.31. The number of carbonyl (C=O) groups is 1. The summed E-state index contributed by atoms with van der Waals surface area (Å²) in [6, 6.07) is 23.9. The Morgan fingerprint density at radius 2 is 1.77 bits per heavy atom. The number of benzene rings is 3. The summed E-state index contributed by atoms with van der Waals surface area (Å²) in [5.74, 6) is 0.0231. The first-order chi connectivity index (χ1) is 14.7. The number of aromatic nitrogens is 1. The van der Waals surface area contributed by atoms with Gasteiger partial charge in [0.2, 0.25) is 0 Å². The SMILES string of the molecule is CSc1ccc([C@@H]2c3[nH]c4ccccc4c3CCN2C(=O)c2ccc(Cl)cc2)cc1. The quantitative estimate of drug-likeness (QED) is 0.384. The predicted octanol–water partition coefficient (Wildman–Crippen LogP) is 6.33. The number of rotatable bonds is 3. The molecule has 5 heteroatoms. The Labute approximate surface area is 185 Å². The van der Waals surface area contributed by atoms with E-state index in [9.17, 15) is 4.79 Å². The zero-order valence-electron chi connectivity index (χ0n) is 16.6. The first kappa shape index (κ1) is 19.3. The van der Waals surface area contributed by atoms with Crippen LogP contribution in [-0.2, 0) is 6.42 Å². The van der Waals surface area contributed by atoms with E-state index in [4.69, 9.17) is 11.6 Å². The summed E-state index contributed by atoms with van der Waals surface area (Å²) < 4.78 is 0. The summed E-state index contributed by atoms with van der Waals surface area (Å²) in [4.78, 5) is 20.3. The van der Waals surface area contributed by atoms with Crippen LogP contribution >= 0.6 is 23.4 Å². The monoisotopic (exact) mass is 432 g/mol. The van der Waals surface area contributed by atoms with Crippen LogP contribution < -0.4 is 0 Å². The number of carbonyl (C=O) groups excluding carboxylic acids is 1. The molecule has 0 unspecified atom stereocenters. The van der Waals surface area contributed by atoms with Crippen LogP contribution in [0.2, 0.25) is 5.02 Å². The number of thioether (sulfide) groups is 1. The van der Waals surface area contributed by atoms with Gasteiger partial charge in [0.15, 0.2) is 0 Å². The van der Waals surface area contributed by atoms with Gasteiger partial charge in [-0.1, -0.05) is 41.9 Å². The summed E-state index contributed by atoms with van der Waals surface area (Å²) in [7, 11) is 0. The lowest BCUT2D eigenvalue weighted by molar-refractivity contribution is 0.0692. The smallest absolute Gasteiger partial charge is 0.254 e. The van der Waals surface area contributed by atoms with E-state index in [1.807, 2.05) is 11.0 Å². The zero-order valence-corrected chi connectivity index (χ0v) is 18.1. The third kappa shape index (κ3) is 3.30. The Morgan fingerprint density at radius 3 is 2.50 bits per heavy atom. The highest BCUT2D eigenvalue weighted by Crippen LogP contribution is 2.39. The van der Waals surface area contributed by atoms with Gasteiger partial charge in [-0.15, -0.1) is 11.8 Å². The fraction of sp³-hybridized carbons (Fsp3) is 0.160. The molecule has 4 aromatic rings. The number of aromatic amines is 1. The Hall–Kier alpha value is -2.69. The molecule has 0 spiro atoms. The molecular formula is C25H21ClN2OS. The van der Waals surface area contributed by atoms with Crippen molar-refractivity contribution in [2.24, 2.45) is 0 Å². The maximum Gasteiger partial charge on any atom is 0.254 e. The van der Waals surface area contributed by atoms with Crippen molar-refractivity contribution in [3.63, 3.8) is 0 Å². The van der Waals surface area contributed by atoms with Crippen molar-refractivity contribution in [3.05, 3.63) is 100 Å². The molecule has 1 aliphatic rings. The van der Waals surface area contributed by atoms with Crippen molar-refractivity contribution in [2.75, 3.05) is 12.8 Å². The molecular weight excluding hydrogens is 412 g/mol. The van der Waals surface area contributed by atoms with Crippen LogP contribution in [0.5, 0.6) is 0 Å². The number of hydrogen-bond acceptors (Lipinski definition) is 2. The minimum absolute atomic E-state index is 0.0231. The van der Waals surface area contributed by atoms with Crippen LogP contribution in [0.3, 0.4) is 0 Å². The second-order valence-electron chi connectivity index (χ2n) is 7.49. The lowest BCUT2D eigenvalue weighted by Gasteiger charge is -2.36. The highest BCUT2D eigenvalue weighted by molar-refractivity contribution is 7.98. The molecule has 0 radical (unpaired) electrons. The molecule has 0 aliphatic carbocycles. The van der Waals surface area contributed by atoms with Crippen LogP contribution in [0.4, 0.5) is 0 Å². The maximum atomic E-state index is 13.5. The minimum atomic E-state index is -0.153. The van der Waals surface area contributed by atoms with E-state index < -0.39 is 0 Å². The number of nitrogens with zero attached hydrogens (tertiary/aromatic N) is 1. The molecule has 2 heterocycles. The van der Waals surface area contributed by atoms with E-state index in [0.29, 0.717) is 17.1 Å². The van der Waals surface area contributed by atoms with Crippen molar-refractivity contribution >= 4 is 40.2 Å². The molecule has 0 bridgehead atoms. The number of amides is 1. The Balaban J connectivity index is 1.64. The van der Waals surface area contributed by atoms with Gasteiger partial charge in [-0.3, -0.25) is 4.79 Å². The molecule has 0 saturated carbocycles. The number of H-pyrrole nitrogens is 1. The number of fused-ring (bicyclic) bond motifs is 3. The normalized spacial score (nSPS) is 15.9. The molecule has 1 N–H and O–H groups in total. The van der Waals surface area contributed by atoms with Crippen LogP contribution in [0, 0.1) is 0 Å². The first-order valence-corrected chi connectivity index (χ1v) is 11.6. The van der Waals surface area contributed by atoms with Crippen LogP contribution in [-0.4, -0.2) is 28.6 Å². The summed E-state index contributed by atoms with van der Waals surface area (Å²) in [6.45, 7) is 0.672. The van der Waals surface area contributed by atoms with E-state index in [1.165, 1.54) is 15.8 Å². The minimum Gasteiger partial charge on any atom is -0.356 e. The zero-order chi connectivity index (χ0) is 20.7. The molecule has 150 valence electrons. The molecule has 1 aromatic heterocycles. The molecule has 0 fully saturated rings. The van der Waals surface area contributed by atoms with Gasteiger partial charge in [0.25, 0.3) is 5.91 Å². The average molecular weight is 433 g/mol. The molecule has 30 heavy (non-hydrogen) atoms. The number of nitrogens with one attached hydrogen (secondary N) is 1. The first-order valence-electron chi connectivity index (χ1n) is 9.95. The van der Waals surface area contributed by atoms with Gasteiger partial charge in [0, 0.05) is 38.6 Å². The molecule has 3 aromatic carbocycles. The van der Waals surface area contributed by atoms with Crippen LogP contribution in [0.25, 0.3) is 10.9 Å². The van der Waals surface area contributed by atoms with Crippen molar-refractivity contribution in [1.82, 2.24) is 9.88 Å². The van der Waals surface area contributed by atoms with Crippen molar-refractivity contribution in [2.45, 2.75) is 17.4 Å². The van der Waals surface area contributed by atoms with Crippen molar-refractivity contribution in [1.29, 1.82) is 0 Å². The molecule has 3 nitrogen and oxygen atoms in total. The highest BCUT2D eigenvalue weighted by Gasteiger charge is 2.34. The van der Waals surface area contributed by atoms with Gasteiger partial charge >= 0.3 is 0 Å². The Morgan fingerprint density at radius 1 is 1.03 bits per heavy atom. The molecule has 1 atom stereocenters. The van der Waals surface area contributed by atoms with Gasteiger partial charge in [0.1, 0.15) is 0 Å². The summed E-state index contributed by atoms with van der Waals surface area (Å²) in [5, 5.41) is 1.88. The Bertz CT molecular complexity index is 1210. The second kappa shape index (κ2) is 7.86. The largest absolute Gasteiger partial charge is 0.356 e. The third-order valence-electron chi connectivity index (χ3n) is 5.82. The second-order valence-corrected chi connectivity index (χ2v) is 8.81. The van der Waals surface area contributed by atoms with Crippen LogP contribution in [0.1, 0.15) is 33.2 Å². The van der Waals surface area contributed by atoms with Gasteiger partial charge in [-0.2, -0.15) is 0 Å². The standard InChI is InChI=1S/C25H21ClN2OS/c1-30-19-12-8-16(9-13-19)24-23-21(20-4-2-3-5-22(20)27-23)14-15-28(24)25(29)17-6-10-18(26)11-7-17/h2-13,24,27H,14-15H2,1H3/t24-/m1/s1. The fourth-order valence-electron chi connectivity index (χ4n) is 4.35. The molecule has 5 rings (SSSR count). The van der Waals surface area contributed by atoms with Gasteiger partial charge in [-0.05, 0) is 66.3 Å². The maximum absolute atomic E-state index is 13.5. The van der Waals surface area contributed by atoms with Crippen LogP contribution in [0.15, 0.2) is 77.7 Å². The molecule has 1 aliphatic heterocycles. The third-order valence-corrected chi connectivity index (χ3v) is 6.81. The molecule has 0 saturated heterocycles. The van der Waals surface area contributed by atoms with Crippen molar-refractivity contribution < 1.29 is 4.79 Å². The van der Waals surface area contributed by atoms with E-state index in [2.05, 4.69) is 53.7 Å².